The molecule has 1 aliphatic heterocycles. The van der Waals surface area contributed by atoms with Crippen molar-refractivity contribution in [1.29, 1.82) is 0 Å². The summed E-state index contributed by atoms with van der Waals surface area (Å²) in [6, 6.07) is 4.24. The van der Waals surface area contributed by atoms with Crippen molar-refractivity contribution >= 4 is 0 Å². The lowest BCUT2D eigenvalue weighted by molar-refractivity contribution is 0.133. The van der Waals surface area contributed by atoms with Crippen LogP contribution >= 0.6 is 0 Å². The molecule has 1 aromatic rings. The Morgan fingerprint density at radius 3 is 2.68 bits per heavy atom. The van der Waals surface area contributed by atoms with Crippen LogP contribution in [0.4, 0.5) is 4.39 Å². The van der Waals surface area contributed by atoms with E-state index >= 15 is 0 Å². The van der Waals surface area contributed by atoms with E-state index in [2.05, 4.69) is 16.8 Å². The van der Waals surface area contributed by atoms with Crippen LogP contribution in [0, 0.1) is 5.82 Å². The Kier molecular flexibility index (Phi) is 5.13. The predicted octanol–water partition coefficient (Wildman–Crippen LogP) is 0.944. The van der Waals surface area contributed by atoms with Crippen molar-refractivity contribution in [2.24, 2.45) is 0 Å². The number of halogens is 1. The Labute approximate surface area is 113 Å². The van der Waals surface area contributed by atoms with Crippen LogP contribution in [0.5, 0.6) is 5.75 Å². The summed E-state index contributed by atoms with van der Waals surface area (Å²) in [5.41, 5.74) is 0.498. The van der Waals surface area contributed by atoms with E-state index in [4.69, 9.17) is 9.84 Å². The fraction of sp³-hybridized carbons (Fsp3) is 0.571. The minimum absolute atomic E-state index is 0.207. The maximum atomic E-state index is 13.0. The van der Waals surface area contributed by atoms with Crippen molar-refractivity contribution < 1.29 is 14.2 Å². The van der Waals surface area contributed by atoms with Crippen LogP contribution in [0.25, 0.3) is 0 Å². The normalized spacial score (nSPS) is 17.6. The number of aliphatic hydroxyl groups is 1. The summed E-state index contributed by atoms with van der Waals surface area (Å²) in [5, 5.41) is 9.16. The zero-order chi connectivity index (χ0) is 13.7. The van der Waals surface area contributed by atoms with Crippen LogP contribution in [-0.4, -0.2) is 61.3 Å². The Bertz CT molecular complexity index is 406. The van der Waals surface area contributed by atoms with Gasteiger partial charge in [0.1, 0.15) is 18.2 Å². The highest BCUT2D eigenvalue weighted by Crippen LogP contribution is 2.19. The third-order valence-corrected chi connectivity index (χ3v) is 3.45. The molecule has 4 nitrogen and oxygen atoms in total. The van der Waals surface area contributed by atoms with E-state index in [0.29, 0.717) is 17.9 Å². The van der Waals surface area contributed by atoms with E-state index in [1.165, 1.54) is 12.1 Å². The number of aliphatic hydroxyl groups excluding tert-OH is 1. The number of nitrogens with zero attached hydrogens (tertiary/aromatic N) is 2. The largest absolute Gasteiger partial charge is 0.492 e. The molecule has 0 amide bonds. The van der Waals surface area contributed by atoms with Gasteiger partial charge in [0.05, 0.1) is 6.61 Å². The minimum Gasteiger partial charge on any atom is -0.492 e. The lowest BCUT2D eigenvalue weighted by Gasteiger charge is -2.32. The van der Waals surface area contributed by atoms with Gasteiger partial charge in [-0.25, -0.2) is 4.39 Å². The Balaban J connectivity index is 1.79. The van der Waals surface area contributed by atoms with Crippen LogP contribution < -0.4 is 4.74 Å². The Morgan fingerprint density at radius 2 is 2.00 bits per heavy atom. The summed E-state index contributed by atoms with van der Waals surface area (Å²) in [5.74, 6) is 0.216. The van der Waals surface area contributed by atoms with Gasteiger partial charge in [0, 0.05) is 38.3 Å². The summed E-state index contributed by atoms with van der Waals surface area (Å²) < 4.78 is 18.6. The average molecular weight is 268 g/mol. The molecule has 5 heteroatoms. The maximum Gasteiger partial charge on any atom is 0.125 e. The van der Waals surface area contributed by atoms with Crippen LogP contribution in [-0.2, 0) is 6.61 Å². The van der Waals surface area contributed by atoms with E-state index in [1.807, 2.05) is 0 Å². The molecule has 19 heavy (non-hydrogen) atoms. The van der Waals surface area contributed by atoms with Gasteiger partial charge >= 0.3 is 0 Å². The smallest absolute Gasteiger partial charge is 0.125 e. The maximum absolute atomic E-state index is 13.0. The third kappa shape index (κ3) is 4.16. The van der Waals surface area contributed by atoms with Gasteiger partial charge in [-0.3, -0.25) is 4.90 Å². The van der Waals surface area contributed by atoms with Crippen molar-refractivity contribution in [2.75, 3.05) is 46.4 Å². The van der Waals surface area contributed by atoms with Crippen LogP contribution in [0.1, 0.15) is 5.56 Å². The molecule has 1 heterocycles. The van der Waals surface area contributed by atoms with Gasteiger partial charge in [-0.2, -0.15) is 0 Å². The zero-order valence-electron chi connectivity index (χ0n) is 11.3. The molecular weight excluding hydrogens is 247 g/mol. The van der Waals surface area contributed by atoms with Crippen LogP contribution in [0.2, 0.25) is 0 Å². The predicted molar refractivity (Wildman–Crippen MR) is 71.8 cm³/mol. The number of likely N-dealkylation sites (N-methyl/N-ethyl adjacent to an activating group) is 1. The Morgan fingerprint density at radius 1 is 1.26 bits per heavy atom. The fourth-order valence-electron chi connectivity index (χ4n) is 2.17. The third-order valence-electron chi connectivity index (χ3n) is 3.45. The summed E-state index contributed by atoms with van der Waals surface area (Å²) in [6.45, 7) is 5.48. The van der Waals surface area contributed by atoms with E-state index in [1.54, 1.807) is 6.07 Å². The van der Waals surface area contributed by atoms with E-state index in [0.717, 1.165) is 32.7 Å². The van der Waals surface area contributed by atoms with Crippen molar-refractivity contribution in [3.8, 4) is 5.75 Å². The molecule has 0 radical (unpaired) electrons. The van der Waals surface area contributed by atoms with Crippen LogP contribution in [0.3, 0.4) is 0 Å². The Hall–Kier alpha value is -1.17. The minimum atomic E-state index is -0.351. The van der Waals surface area contributed by atoms with Gasteiger partial charge in [-0.1, -0.05) is 0 Å². The van der Waals surface area contributed by atoms with Gasteiger partial charge in [0.25, 0.3) is 0 Å². The summed E-state index contributed by atoms with van der Waals surface area (Å²) in [7, 11) is 2.12. The summed E-state index contributed by atoms with van der Waals surface area (Å²) in [4.78, 5) is 4.66. The second-order valence-electron chi connectivity index (χ2n) is 4.90. The molecule has 1 N–H and O–H groups in total. The van der Waals surface area contributed by atoms with Crippen molar-refractivity contribution in [1.82, 2.24) is 9.80 Å². The molecular formula is C14H21FN2O2. The quantitative estimate of drug-likeness (QED) is 0.862. The second-order valence-corrected chi connectivity index (χ2v) is 4.90. The first kappa shape index (κ1) is 14.2. The van der Waals surface area contributed by atoms with Gasteiger partial charge in [0.2, 0.25) is 0 Å². The number of hydrogen-bond donors (Lipinski definition) is 1. The van der Waals surface area contributed by atoms with Crippen molar-refractivity contribution in [3.63, 3.8) is 0 Å². The summed E-state index contributed by atoms with van der Waals surface area (Å²) >= 11 is 0. The zero-order valence-corrected chi connectivity index (χ0v) is 11.3. The van der Waals surface area contributed by atoms with E-state index < -0.39 is 0 Å². The number of rotatable bonds is 5. The lowest BCUT2D eigenvalue weighted by atomic mass is 10.2. The molecule has 1 saturated heterocycles. The molecule has 0 bridgehead atoms. The summed E-state index contributed by atoms with van der Waals surface area (Å²) in [6.07, 6.45) is 0. The first-order valence-corrected chi connectivity index (χ1v) is 6.62. The number of benzene rings is 1. The average Bonchev–Trinajstić information content (AvgIpc) is 2.42. The standard InChI is InChI=1S/C14H21FN2O2/c1-16-4-6-17(7-5-16)8-9-19-14-3-2-13(15)10-12(14)11-18/h2-3,10,18H,4-9,11H2,1H3. The topological polar surface area (TPSA) is 35.9 Å². The van der Waals surface area contributed by atoms with Gasteiger partial charge in [-0.05, 0) is 25.2 Å². The van der Waals surface area contributed by atoms with Crippen molar-refractivity contribution in [2.45, 2.75) is 6.61 Å². The van der Waals surface area contributed by atoms with Crippen molar-refractivity contribution in [3.05, 3.63) is 29.6 Å². The highest BCUT2D eigenvalue weighted by Gasteiger charge is 2.13. The van der Waals surface area contributed by atoms with E-state index in [-0.39, 0.29) is 12.4 Å². The lowest BCUT2D eigenvalue weighted by Crippen LogP contribution is -2.45. The SMILES string of the molecule is CN1CCN(CCOc2ccc(F)cc2CO)CC1. The molecule has 1 aliphatic rings. The molecule has 0 saturated carbocycles. The fourth-order valence-corrected chi connectivity index (χ4v) is 2.17. The molecule has 0 atom stereocenters. The number of hydrogen-bond acceptors (Lipinski definition) is 4. The highest BCUT2D eigenvalue weighted by atomic mass is 19.1. The van der Waals surface area contributed by atoms with Gasteiger partial charge in [0.15, 0.2) is 0 Å². The number of piperazine rings is 1. The van der Waals surface area contributed by atoms with E-state index in [9.17, 15) is 4.39 Å². The molecule has 0 unspecified atom stereocenters. The first-order chi connectivity index (χ1) is 9.19. The molecule has 0 aromatic heterocycles. The molecule has 2 rings (SSSR count). The second kappa shape index (κ2) is 6.84. The molecule has 1 aromatic carbocycles. The molecule has 1 fully saturated rings. The first-order valence-electron chi connectivity index (χ1n) is 6.62. The monoisotopic (exact) mass is 268 g/mol. The van der Waals surface area contributed by atoms with Gasteiger partial charge in [-0.15, -0.1) is 0 Å². The molecule has 0 aliphatic carbocycles. The molecule has 0 spiro atoms. The highest BCUT2D eigenvalue weighted by molar-refractivity contribution is 5.33. The molecule has 106 valence electrons. The number of ether oxygens (including phenoxy) is 1. The van der Waals surface area contributed by atoms with Gasteiger partial charge < -0.3 is 14.7 Å². The van der Waals surface area contributed by atoms with Crippen LogP contribution in [0.15, 0.2) is 18.2 Å².